The van der Waals surface area contributed by atoms with Gasteiger partial charge < -0.3 is 15.7 Å². The van der Waals surface area contributed by atoms with E-state index < -0.39 is 18.6 Å². The van der Waals surface area contributed by atoms with Crippen molar-refractivity contribution in [2.75, 3.05) is 6.61 Å². The van der Waals surface area contributed by atoms with Crippen molar-refractivity contribution in [3.8, 4) is 0 Å². The highest BCUT2D eigenvalue weighted by molar-refractivity contribution is 5.88. The molecule has 0 heterocycles. The van der Waals surface area contributed by atoms with Crippen molar-refractivity contribution in [1.29, 1.82) is 0 Å². The summed E-state index contributed by atoms with van der Waals surface area (Å²) in [5.41, 5.74) is 1.81. The first kappa shape index (κ1) is 16.7. The smallest absolute Gasteiger partial charge is 0.245 e. The minimum atomic E-state index is -0.949. The average molecular weight is 312 g/mol. The van der Waals surface area contributed by atoms with Crippen molar-refractivity contribution < 1.29 is 14.7 Å². The topological polar surface area (TPSA) is 78.4 Å². The Morgan fingerprint density at radius 3 is 2.04 bits per heavy atom. The molecule has 2 aromatic rings. The van der Waals surface area contributed by atoms with Crippen LogP contribution >= 0.6 is 0 Å². The maximum atomic E-state index is 12.0. The highest BCUT2D eigenvalue weighted by Crippen LogP contribution is 2.00. The summed E-state index contributed by atoms with van der Waals surface area (Å²) in [6.07, 6.45) is 0.170. The Morgan fingerprint density at radius 2 is 1.48 bits per heavy atom. The zero-order valence-corrected chi connectivity index (χ0v) is 12.7. The molecular formula is C18H20N2O3. The van der Waals surface area contributed by atoms with Crippen LogP contribution in [-0.4, -0.2) is 29.6 Å². The van der Waals surface area contributed by atoms with Crippen LogP contribution in [0.25, 0.3) is 0 Å². The first-order chi connectivity index (χ1) is 11.2. The lowest BCUT2D eigenvalue weighted by molar-refractivity contribution is -0.129. The summed E-state index contributed by atoms with van der Waals surface area (Å²) < 4.78 is 0. The molecule has 23 heavy (non-hydrogen) atoms. The zero-order chi connectivity index (χ0) is 16.5. The molecule has 0 aliphatic carbocycles. The number of carbonyl (C=O) groups is 2. The first-order valence-corrected chi connectivity index (χ1v) is 7.45. The average Bonchev–Trinajstić information content (AvgIpc) is 2.59. The van der Waals surface area contributed by atoms with Gasteiger partial charge in [0.25, 0.3) is 0 Å². The van der Waals surface area contributed by atoms with Gasteiger partial charge in [0.2, 0.25) is 11.8 Å². The number of nitrogens with one attached hydrogen (secondary N) is 2. The van der Waals surface area contributed by atoms with Crippen LogP contribution < -0.4 is 10.6 Å². The van der Waals surface area contributed by atoms with Gasteiger partial charge in [-0.1, -0.05) is 60.7 Å². The summed E-state index contributed by atoms with van der Waals surface area (Å²) >= 11 is 0. The van der Waals surface area contributed by atoms with Crippen LogP contribution in [0.15, 0.2) is 60.7 Å². The molecule has 0 aliphatic rings. The standard InChI is InChI=1S/C18H20N2O3/c21-13-16(18(23)19-12-15-9-5-2-6-10-15)20-17(22)11-14-7-3-1-4-8-14/h1-10,16,21H,11-13H2,(H,19,23)(H,20,22). The molecular weight excluding hydrogens is 292 g/mol. The van der Waals surface area contributed by atoms with Crippen molar-refractivity contribution in [3.05, 3.63) is 71.8 Å². The van der Waals surface area contributed by atoms with Gasteiger partial charge in [0, 0.05) is 6.54 Å². The minimum absolute atomic E-state index is 0.170. The molecule has 1 atom stereocenters. The maximum absolute atomic E-state index is 12.0. The molecule has 0 saturated heterocycles. The Balaban J connectivity index is 1.83. The van der Waals surface area contributed by atoms with Gasteiger partial charge in [-0.3, -0.25) is 9.59 Å². The Bertz CT molecular complexity index is 629. The number of aliphatic hydroxyl groups is 1. The summed E-state index contributed by atoms with van der Waals surface area (Å²) in [5, 5.41) is 14.6. The summed E-state index contributed by atoms with van der Waals surface area (Å²) in [5.74, 6) is -0.706. The van der Waals surface area contributed by atoms with Gasteiger partial charge in [0.15, 0.2) is 0 Å². The molecule has 0 aromatic heterocycles. The van der Waals surface area contributed by atoms with Crippen molar-refractivity contribution in [2.45, 2.75) is 19.0 Å². The van der Waals surface area contributed by atoms with Gasteiger partial charge in [0.05, 0.1) is 13.0 Å². The summed E-state index contributed by atoms with van der Waals surface area (Å²) in [7, 11) is 0. The van der Waals surface area contributed by atoms with E-state index in [0.717, 1.165) is 11.1 Å². The fourth-order valence-electron chi connectivity index (χ4n) is 2.13. The van der Waals surface area contributed by atoms with Crippen LogP contribution in [0.4, 0.5) is 0 Å². The van der Waals surface area contributed by atoms with Gasteiger partial charge in [-0.2, -0.15) is 0 Å². The van der Waals surface area contributed by atoms with E-state index >= 15 is 0 Å². The maximum Gasteiger partial charge on any atom is 0.245 e. The Labute approximate surface area is 135 Å². The van der Waals surface area contributed by atoms with Crippen LogP contribution in [0.5, 0.6) is 0 Å². The molecule has 120 valence electrons. The van der Waals surface area contributed by atoms with Crippen LogP contribution in [0, 0.1) is 0 Å². The highest BCUT2D eigenvalue weighted by atomic mass is 16.3. The fourth-order valence-corrected chi connectivity index (χ4v) is 2.13. The molecule has 0 fully saturated rings. The number of aliphatic hydroxyl groups excluding tert-OH is 1. The second-order valence-corrected chi connectivity index (χ2v) is 5.17. The van der Waals surface area contributed by atoms with Gasteiger partial charge in [-0.25, -0.2) is 0 Å². The van der Waals surface area contributed by atoms with Gasteiger partial charge in [0.1, 0.15) is 6.04 Å². The van der Waals surface area contributed by atoms with Crippen LogP contribution in [0.2, 0.25) is 0 Å². The van der Waals surface area contributed by atoms with E-state index in [1.165, 1.54) is 0 Å². The third-order valence-electron chi connectivity index (χ3n) is 3.35. The van der Waals surface area contributed by atoms with Gasteiger partial charge in [-0.15, -0.1) is 0 Å². The Kier molecular flexibility index (Phi) is 6.32. The third-order valence-corrected chi connectivity index (χ3v) is 3.35. The fraction of sp³-hybridized carbons (Fsp3) is 0.222. The van der Waals surface area contributed by atoms with Crippen molar-refractivity contribution >= 4 is 11.8 Å². The van der Waals surface area contributed by atoms with Crippen molar-refractivity contribution in [2.24, 2.45) is 0 Å². The minimum Gasteiger partial charge on any atom is -0.394 e. The van der Waals surface area contributed by atoms with E-state index in [1.54, 1.807) is 0 Å². The molecule has 2 rings (SSSR count). The number of amides is 2. The molecule has 0 saturated carbocycles. The summed E-state index contributed by atoms with van der Waals surface area (Å²) in [4.78, 5) is 24.0. The molecule has 2 amide bonds. The lowest BCUT2D eigenvalue weighted by atomic mass is 10.1. The molecule has 5 heteroatoms. The van der Waals surface area contributed by atoms with Crippen LogP contribution in [0.1, 0.15) is 11.1 Å². The number of benzene rings is 2. The number of hydrogen-bond acceptors (Lipinski definition) is 3. The first-order valence-electron chi connectivity index (χ1n) is 7.45. The zero-order valence-electron chi connectivity index (χ0n) is 12.7. The van der Waals surface area contributed by atoms with Crippen molar-refractivity contribution in [3.63, 3.8) is 0 Å². The SMILES string of the molecule is O=C(Cc1ccccc1)NC(CO)C(=O)NCc1ccccc1. The molecule has 3 N–H and O–H groups in total. The van der Waals surface area contributed by atoms with Gasteiger partial charge in [-0.05, 0) is 11.1 Å². The summed E-state index contributed by atoms with van der Waals surface area (Å²) in [6, 6.07) is 17.7. The van der Waals surface area contributed by atoms with Crippen LogP contribution in [0.3, 0.4) is 0 Å². The lowest BCUT2D eigenvalue weighted by Gasteiger charge is -2.16. The van der Waals surface area contributed by atoms with Crippen molar-refractivity contribution in [1.82, 2.24) is 10.6 Å². The molecule has 0 radical (unpaired) electrons. The van der Waals surface area contributed by atoms with E-state index in [2.05, 4.69) is 10.6 Å². The number of hydrogen-bond donors (Lipinski definition) is 3. The van der Waals surface area contributed by atoms with E-state index in [9.17, 15) is 14.7 Å². The largest absolute Gasteiger partial charge is 0.394 e. The number of rotatable bonds is 7. The van der Waals surface area contributed by atoms with E-state index in [0.29, 0.717) is 6.54 Å². The predicted molar refractivity (Wildman–Crippen MR) is 87.5 cm³/mol. The van der Waals surface area contributed by atoms with E-state index in [1.807, 2.05) is 60.7 Å². The number of carbonyl (C=O) groups excluding carboxylic acids is 2. The van der Waals surface area contributed by atoms with E-state index in [-0.39, 0.29) is 12.3 Å². The predicted octanol–water partition coefficient (Wildman–Crippen LogP) is 1.02. The van der Waals surface area contributed by atoms with Gasteiger partial charge >= 0.3 is 0 Å². The second-order valence-electron chi connectivity index (χ2n) is 5.17. The molecule has 5 nitrogen and oxygen atoms in total. The summed E-state index contributed by atoms with van der Waals surface area (Å²) in [6.45, 7) is -0.0914. The molecule has 0 bridgehead atoms. The van der Waals surface area contributed by atoms with Crippen LogP contribution in [-0.2, 0) is 22.6 Å². The molecule has 0 aliphatic heterocycles. The Hall–Kier alpha value is -2.66. The lowest BCUT2D eigenvalue weighted by Crippen LogP contribution is -2.49. The second kappa shape index (κ2) is 8.70. The quantitative estimate of drug-likeness (QED) is 0.714. The normalized spacial score (nSPS) is 11.5. The Morgan fingerprint density at radius 1 is 0.913 bits per heavy atom. The molecule has 1 unspecified atom stereocenters. The van der Waals surface area contributed by atoms with E-state index in [4.69, 9.17) is 0 Å². The molecule has 0 spiro atoms. The monoisotopic (exact) mass is 312 g/mol. The highest BCUT2D eigenvalue weighted by Gasteiger charge is 2.19. The third kappa shape index (κ3) is 5.56. The molecule has 2 aromatic carbocycles.